The number of carbonyl (C=O) groups excluding carboxylic acids is 1. The normalized spacial score (nSPS) is 9.47. The number of benzene rings is 1. The summed E-state index contributed by atoms with van der Waals surface area (Å²) in [5.41, 5.74) is -0.541. The van der Waals surface area contributed by atoms with Gasteiger partial charge < -0.3 is 9.84 Å². The van der Waals surface area contributed by atoms with E-state index in [4.69, 9.17) is 10.4 Å². The van der Waals surface area contributed by atoms with Crippen molar-refractivity contribution in [3.63, 3.8) is 0 Å². The summed E-state index contributed by atoms with van der Waals surface area (Å²) in [5.74, 6) is -5.63. The van der Waals surface area contributed by atoms with Crippen molar-refractivity contribution in [2.45, 2.75) is 6.42 Å². The van der Waals surface area contributed by atoms with Crippen LogP contribution < -0.4 is 4.74 Å². The number of nitriles is 1. The van der Waals surface area contributed by atoms with Crippen LogP contribution in [0, 0.1) is 23.0 Å². The number of halogens is 2. The van der Waals surface area contributed by atoms with Crippen LogP contribution in [0.1, 0.15) is 12.0 Å². The maximum absolute atomic E-state index is 13.2. The van der Waals surface area contributed by atoms with Crippen molar-refractivity contribution in [2.75, 3.05) is 0 Å². The molecule has 88 valence electrons. The van der Waals surface area contributed by atoms with Crippen molar-refractivity contribution in [1.29, 1.82) is 5.26 Å². The number of rotatable bonds is 3. The van der Waals surface area contributed by atoms with Gasteiger partial charge in [0, 0.05) is 6.07 Å². The van der Waals surface area contributed by atoms with Crippen molar-refractivity contribution >= 4 is 11.9 Å². The van der Waals surface area contributed by atoms with Crippen molar-refractivity contribution in [2.24, 2.45) is 0 Å². The molecular formula is C10H5F2NO4. The van der Waals surface area contributed by atoms with Gasteiger partial charge in [-0.1, -0.05) is 0 Å². The molecule has 1 aromatic rings. The van der Waals surface area contributed by atoms with Crippen LogP contribution >= 0.6 is 0 Å². The van der Waals surface area contributed by atoms with Gasteiger partial charge >= 0.3 is 11.9 Å². The van der Waals surface area contributed by atoms with Gasteiger partial charge in [0.05, 0.1) is 5.56 Å². The van der Waals surface area contributed by atoms with Gasteiger partial charge in [-0.25, -0.2) is 8.78 Å². The van der Waals surface area contributed by atoms with Gasteiger partial charge in [0.2, 0.25) is 0 Å². The Morgan fingerprint density at radius 1 is 1.35 bits per heavy atom. The Morgan fingerprint density at radius 2 is 2.00 bits per heavy atom. The number of ether oxygens (including phenoxy) is 1. The fourth-order valence-electron chi connectivity index (χ4n) is 0.975. The van der Waals surface area contributed by atoms with E-state index in [1.807, 2.05) is 0 Å². The van der Waals surface area contributed by atoms with Crippen LogP contribution in [0.25, 0.3) is 0 Å². The van der Waals surface area contributed by atoms with E-state index in [9.17, 15) is 18.4 Å². The number of carboxylic acid groups (broad SMARTS) is 1. The largest absolute Gasteiger partial charge is 0.481 e. The lowest BCUT2D eigenvalue weighted by Gasteiger charge is -2.04. The highest BCUT2D eigenvalue weighted by molar-refractivity contribution is 5.91. The van der Waals surface area contributed by atoms with E-state index >= 15 is 0 Å². The third kappa shape index (κ3) is 3.24. The van der Waals surface area contributed by atoms with Crippen molar-refractivity contribution < 1.29 is 28.2 Å². The van der Waals surface area contributed by atoms with E-state index in [1.165, 1.54) is 6.07 Å². The lowest BCUT2D eigenvalue weighted by Crippen LogP contribution is -2.14. The molecule has 5 nitrogen and oxygen atoms in total. The van der Waals surface area contributed by atoms with Gasteiger partial charge in [-0.3, -0.25) is 9.59 Å². The van der Waals surface area contributed by atoms with Crippen molar-refractivity contribution in [1.82, 2.24) is 0 Å². The first kappa shape index (κ1) is 12.6. The second-order valence-corrected chi connectivity index (χ2v) is 2.92. The molecule has 0 atom stereocenters. The highest BCUT2D eigenvalue weighted by atomic mass is 19.1. The van der Waals surface area contributed by atoms with Crippen LogP contribution in [0.15, 0.2) is 12.1 Å². The van der Waals surface area contributed by atoms with Gasteiger partial charge in [0.25, 0.3) is 0 Å². The summed E-state index contributed by atoms with van der Waals surface area (Å²) < 4.78 is 30.5. The minimum absolute atomic E-state index is 0.508. The number of carbonyl (C=O) groups is 2. The second kappa shape index (κ2) is 5.03. The molecule has 1 aromatic carbocycles. The molecule has 1 N–H and O–H groups in total. The average Bonchev–Trinajstić information content (AvgIpc) is 2.21. The lowest BCUT2D eigenvalue weighted by atomic mass is 10.2. The summed E-state index contributed by atoms with van der Waals surface area (Å²) in [4.78, 5) is 21.0. The molecule has 0 spiro atoms. The highest BCUT2D eigenvalue weighted by Gasteiger charge is 2.16. The Bertz CT molecular complexity index is 522. The zero-order valence-corrected chi connectivity index (χ0v) is 8.24. The monoisotopic (exact) mass is 241 g/mol. The maximum Gasteiger partial charge on any atom is 0.322 e. The smallest absolute Gasteiger partial charge is 0.322 e. The molecule has 0 amide bonds. The van der Waals surface area contributed by atoms with E-state index in [0.29, 0.717) is 12.1 Å². The third-order valence-electron chi connectivity index (χ3n) is 1.66. The molecule has 0 heterocycles. The van der Waals surface area contributed by atoms with Gasteiger partial charge in [0.15, 0.2) is 11.6 Å². The van der Waals surface area contributed by atoms with Gasteiger partial charge in [-0.05, 0) is 6.07 Å². The van der Waals surface area contributed by atoms with Crippen LogP contribution in [0.4, 0.5) is 8.78 Å². The third-order valence-corrected chi connectivity index (χ3v) is 1.66. The predicted octanol–water partition coefficient (Wildman–Crippen LogP) is 1.22. The minimum Gasteiger partial charge on any atom is -0.481 e. The molecule has 7 heteroatoms. The molecule has 0 fully saturated rings. The molecule has 0 aliphatic heterocycles. The molecule has 0 aromatic heterocycles. The van der Waals surface area contributed by atoms with Crippen LogP contribution in [0.2, 0.25) is 0 Å². The van der Waals surface area contributed by atoms with Gasteiger partial charge in [-0.2, -0.15) is 5.26 Å². The number of carboxylic acids is 1. The Balaban J connectivity index is 2.93. The van der Waals surface area contributed by atoms with E-state index < -0.39 is 41.3 Å². The number of nitrogens with zero attached hydrogens (tertiary/aromatic N) is 1. The first-order valence-corrected chi connectivity index (χ1v) is 4.25. The molecular weight excluding hydrogens is 236 g/mol. The predicted molar refractivity (Wildman–Crippen MR) is 49.0 cm³/mol. The Labute approximate surface area is 93.8 Å². The zero-order chi connectivity index (χ0) is 13.0. The standard InChI is InChI=1S/C10H5F2NO4/c11-6-2-8(7(12)1-5(6)4-13)17-10(16)3-9(14)15/h1-2H,3H2,(H,14,15). The molecule has 0 saturated heterocycles. The molecule has 0 unspecified atom stereocenters. The number of esters is 1. The molecule has 0 aliphatic rings. The molecule has 0 bridgehead atoms. The van der Waals surface area contributed by atoms with Crippen LogP contribution in [0.5, 0.6) is 5.75 Å². The first-order chi connectivity index (χ1) is 7.93. The summed E-state index contributed by atoms with van der Waals surface area (Å²) >= 11 is 0. The Morgan fingerprint density at radius 3 is 2.53 bits per heavy atom. The summed E-state index contributed by atoms with van der Waals surface area (Å²) in [6.07, 6.45) is -0.971. The van der Waals surface area contributed by atoms with E-state index in [1.54, 1.807) is 0 Å². The lowest BCUT2D eigenvalue weighted by molar-refractivity contribution is -0.145. The van der Waals surface area contributed by atoms with Crippen LogP contribution in [-0.2, 0) is 9.59 Å². The van der Waals surface area contributed by atoms with Gasteiger partial charge in [-0.15, -0.1) is 0 Å². The fourth-order valence-corrected chi connectivity index (χ4v) is 0.975. The SMILES string of the molecule is N#Cc1cc(F)c(OC(=O)CC(=O)O)cc1F. The molecule has 0 saturated carbocycles. The quantitative estimate of drug-likeness (QED) is 0.488. The summed E-state index contributed by atoms with van der Waals surface area (Å²) in [5, 5.41) is 16.6. The summed E-state index contributed by atoms with van der Waals surface area (Å²) in [7, 11) is 0. The average molecular weight is 241 g/mol. The molecule has 0 radical (unpaired) electrons. The molecule has 17 heavy (non-hydrogen) atoms. The topological polar surface area (TPSA) is 87.4 Å². The Kier molecular flexibility index (Phi) is 3.72. The van der Waals surface area contributed by atoms with Crippen molar-refractivity contribution in [3.8, 4) is 11.8 Å². The number of hydrogen-bond acceptors (Lipinski definition) is 4. The number of hydrogen-bond donors (Lipinski definition) is 1. The van der Waals surface area contributed by atoms with E-state index in [2.05, 4.69) is 4.74 Å². The van der Waals surface area contributed by atoms with E-state index in [-0.39, 0.29) is 0 Å². The van der Waals surface area contributed by atoms with E-state index in [0.717, 1.165) is 0 Å². The van der Waals surface area contributed by atoms with Crippen molar-refractivity contribution in [3.05, 3.63) is 29.3 Å². The highest BCUT2D eigenvalue weighted by Crippen LogP contribution is 2.21. The second-order valence-electron chi connectivity index (χ2n) is 2.92. The maximum atomic E-state index is 13.2. The van der Waals surface area contributed by atoms with Crippen LogP contribution in [0.3, 0.4) is 0 Å². The first-order valence-electron chi connectivity index (χ1n) is 4.25. The minimum atomic E-state index is -1.45. The van der Waals surface area contributed by atoms with Gasteiger partial charge in [0.1, 0.15) is 18.3 Å². The van der Waals surface area contributed by atoms with Crippen LogP contribution in [-0.4, -0.2) is 17.0 Å². The zero-order valence-electron chi connectivity index (χ0n) is 8.24. The molecule has 1 rings (SSSR count). The fraction of sp³-hybridized carbons (Fsp3) is 0.100. The summed E-state index contributed by atoms with van der Waals surface area (Å²) in [6, 6.07) is 2.46. The summed E-state index contributed by atoms with van der Waals surface area (Å²) in [6.45, 7) is 0. The Hall–Kier alpha value is -2.49. The number of aliphatic carboxylic acids is 1. The molecule has 0 aliphatic carbocycles.